The molecule has 2 unspecified atom stereocenters. The second kappa shape index (κ2) is 69.9. The minimum absolute atomic E-state index is 0.147. The van der Waals surface area contributed by atoms with Crippen molar-refractivity contribution < 1.29 is 42.9 Å². The first-order valence-electron chi connectivity index (χ1n) is 37.9. The number of ether oxygens (including phenoxy) is 4. The monoisotopic (exact) mass is 1240 g/mol. The van der Waals surface area contributed by atoms with Crippen LogP contribution in [-0.4, -0.2) is 82.3 Å². The van der Waals surface area contributed by atoms with Crippen LogP contribution in [0, 0.1) is 0 Å². The number of hydrogen-bond donors (Lipinski definition) is 0. The minimum atomic E-state index is -1.62. The lowest BCUT2D eigenvalue weighted by atomic mass is 10.0. The van der Waals surface area contributed by atoms with E-state index in [1.165, 1.54) is 257 Å². The van der Waals surface area contributed by atoms with Crippen LogP contribution in [-0.2, 0) is 33.3 Å². The molecule has 0 aliphatic heterocycles. The van der Waals surface area contributed by atoms with E-state index < -0.39 is 24.3 Å². The third-order valence-electron chi connectivity index (χ3n) is 17.0. The number of nitrogens with zero attached hydrogens (tertiary/aromatic N) is 1. The predicted molar refractivity (Wildman–Crippen MR) is 375 cm³/mol. The van der Waals surface area contributed by atoms with Crippen LogP contribution in [0.5, 0.6) is 0 Å². The molecule has 88 heavy (non-hydrogen) atoms. The van der Waals surface area contributed by atoms with Gasteiger partial charge in [-0.1, -0.05) is 357 Å². The highest BCUT2D eigenvalue weighted by molar-refractivity contribution is 5.70. The number of carboxylic acid groups (broad SMARTS) is 1. The minimum Gasteiger partial charge on any atom is -0.545 e. The van der Waals surface area contributed by atoms with Crippen LogP contribution in [0.4, 0.5) is 0 Å². The normalized spacial score (nSPS) is 13.0. The van der Waals surface area contributed by atoms with E-state index in [1.807, 2.05) is 21.1 Å². The van der Waals surface area contributed by atoms with E-state index in [9.17, 15) is 19.5 Å². The molecule has 0 aliphatic rings. The van der Waals surface area contributed by atoms with Crippen molar-refractivity contribution >= 4 is 17.9 Å². The van der Waals surface area contributed by atoms with Gasteiger partial charge < -0.3 is 33.3 Å². The summed E-state index contributed by atoms with van der Waals surface area (Å²) in [6, 6.07) is 0. The highest BCUT2D eigenvalue weighted by atomic mass is 16.7. The Bertz CT molecular complexity index is 1630. The Hall–Kier alpha value is -3.01. The maximum atomic E-state index is 12.9. The molecule has 0 aliphatic carbocycles. The Morgan fingerprint density at radius 2 is 0.648 bits per heavy atom. The smallest absolute Gasteiger partial charge is 0.306 e. The maximum Gasteiger partial charge on any atom is 0.306 e. The summed E-state index contributed by atoms with van der Waals surface area (Å²) in [6.45, 7) is 4.69. The Labute approximate surface area is 545 Å². The average Bonchev–Trinajstić information content (AvgIpc) is 3.54. The number of quaternary nitrogens is 1. The van der Waals surface area contributed by atoms with E-state index in [1.54, 1.807) is 0 Å². The first kappa shape index (κ1) is 85.0. The SMILES string of the molecule is CC/C=C\C/C=C\C/C=C\C/C=C\C/C=C\CCCCCCCCCCCCCC(=O)OC(COC(=O)CCCCCCCCCCCCCCCCCCCCCCCCCCCCCCCCCCCCCC)COC(OCC[N+](C)(C)C)C(=O)[O-]. The lowest BCUT2D eigenvalue weighted by Gasteiger charge is -2.26. The fourth-order valence-corrected chi connectivity index (χ4v) is 11.3. The van der Waals surface area contributed by atoms with Gasteiger partial charge in [-0.05, 0) is 57.8 Å². The molecule has 0 fully saturated rings. The van der Waals surface area contributed by atoms with Gasteiger partial charge in [-0.25, -0.2) is 0 Å². The second-order valence-corrected chi connectivity index (χ2v) is 26.9. The molecule has 0 aromatic carbocycles. The third kappa shape index (κ3) is 70.4. The summed E-state index contributed by atoms with van der Waals surface area (Å²) in [7, 11) is 5.94. The van der Waals surface area contributed by atoms with Crippen molar-refractivity contribution in [1.29, 1.82) is 0 Å². The summed E-state index contributed by atoms with van der Waals surface area (Å²) >= 11 is 0. The molecule has 0 saturated carbocycles. The van der Waals surface area contributed by atoms with Crippen LogP contribution in [0.25, 0.3) is 0 Å². The Morgan fingerprint density at radius 1 is 0.352 bits per heavy atom. The Morgan fingerprint density at radius 3 is 0.966 bits per heavy atom. The molecule has 0 N–H and O–H groups in total. The van der Waals surface area contributed by atoms with Gasteiger partial charge >= 0.3 is 11.9 Å². The van der Waals surface area contributed by atoms with Crippen LogP contribution in [0.3, 0.4) is 0 Å². The quantitative estimate of drug-likeness (QED) is 0.0195. The van der Waals surface area contributed by atoms with Gasteiger partial charge in [-0.15, -0.1) is 0 Å². The number of hydrogen-bond acceptors (Lipinski definition) is 8. The zero-order chi connectivity index (χ0) is 64.0. The maximum absolute atomic E-state index is 12.9. The zero-order valence-electron chi connectivity index (χ0n) is 58.9. The van der Waals surface area contributed by atoms with Crippen molar-refractivity contribution in [3.63, 3.8) is 0 Å². The summed E-state index contributed by atoms with van der Waals surface area (Å²) in [6.07, 6.45) is 89.1. The summed E-state index contributed by atoms with van der Waals surface area (Å²) in [4.78, 5) is 37.5. The molecule has 0 heterocycles. The molecule has 0 aromatic rings. The molecule has 514 valence electrons. The van der Waals surface area contributed by atoms with Crippen LogP contribution in [0.15, 0.2) is 60.8 Å². The molecule has 2 atom stereocenters. The van der Waals surface area contributed by atoms with Crippen molar-refractivity contribution in [2.24, 2.45) is 0 Å². The molecule has 0 spiro atoms. The van der Waals surface area contributed by atoms with Gasteiger partial charge in [0.05, 0.1) is 40.3 Å². The number of carbonyl (C=O) groups excluding carboxylic acids is 3. The van der Waals surface area contributed by atoms with Gasteiger partial charge in [0.15, 0.2) is 12.4 Å². The summed E-state index contributed by atoms with van der Waals surface area (Å²) in [5.41, 5.74) is 0. The van der Waals surface area contributed by atoms with E-state index in [0.717, 1.165) is 77.0 Å². The molecule has 0 aromatic heterocycles. The van der Waals surface area contributed by atoms with Crippen molar-refractivity contribution in [3.05, 3.63) is 60.8 Å². The number of carbonyl (C=O) groups is 3. The largest absolute Gasteiger partial charge is 0.545 e. The van der Waals surface area contributed by atoms with E-state index >= 15 is 0 Å². The average molecular weight is 1240 g/mol. The number of unbranched alkanes of at least 4 members (excludes halogenated alkanes) is 46. The molecular weight excluding hydrogens is 1090 g/mol. The topological polar surface area (TPSA) is 111 Å². The number of carboxylic acids is 1. The van der Waals surface area contributed by atoms with E-state index in [4.69, 9.17) is 18.9 Å². The standard InChI is InChI=1S/C79H145NO8/c1-6-8-10-12-14-16-18-20-22-24-26-28-30-32-34-35-36-37-38-39-40-41-42-44-45-47-49-51-53-55-57-59-61-63-65-67-69-76(81)86-73-75(74-87-79(78(83)84)85-72-71-80(3,4)5)88-77(82)70-68-66-64-62-60-58-56-54-52-50-48-46-43-33-31-29-27-25-23-21-19-17-15-13-11-9-7-2/h9,11,15,17,21,23,27,29,33,43,75,79H,6-8,10,12-14,16,18-20,22,24-26,28,30-32,34-42,44-74H2,1-5H3/b11-9-,17-15-,23-21-,29-27-,43-33-. The van der Waals surface area contributed by atoms with Crippen LogP contribution in [0.2, 0.25) is 0 Å². The lowest BCUT2D eigenvalue weighted by Crippen LogP contribution is -2.44. The highest BCUT2D eigenvalue weighted by Crippen LogP contribution is 2.19. The first-order valence-corrected chi connectivity index (χ1v) is 37.9. The van der Waals surface area contributed by atoms with Gasteiger partial charge in [0, 0.05) is 12.8 Å². The van der Waals surface area contributed by atoms with Crippen molar-refractivity contribution in [1.82, 2.24) is 0 Å². The van der Waals surface area contributed by atoms with Crippen molar-refractivity contribution in [3.8, 4) is 0 Å². The molecule has 0 saturated heterocycles. The molecule has 0 amide bonds. The van der Waals surface area contributed by atoms with Gasteiger partial charge in [0.1, 0.15) is 13.2 Å². The fraction of sp³-hybridized carbons (Fsp3) is 0.835. The molecule has 0 rings (SSSR count). The number of aliphatic carboxylic acids is 1. The Balaban J connectivity index is 4.00. The number of rotatable bonds is 71. The van der Waals surface area contributed by atoms with Crippen molar-refractivity contribution in [2.45, 2.75) is 379 Å². The second-order valence-electron chi connectivity index (χ2n) is 26.9. The van der Waals surface area contributed by atoms with Crippen LogP contribution >= 0.6 is 0 Å². The zero-order valence-corrected chi connectivity index (χ0v) is 58.9. The third-order valence-corrected chi connectivity index (χ3v) is 17.0. The predicted octanol–water partition coefficient (Wildman–Crippen LogP) is 22.5. The first-order chi connectivity index (χ1) is 43.1. The summed E-state index contributed by atoms with van der Waals surface area (Å²) in [5, 5.41) is 11.8. The van der Waals surface area contributed by atoms with Crippen LogP contribution in [0.1, 0.15) is 367 Å². The van der Waals surface area contributed by atoms with Crippen molar-refractivity contribution in [2.75, 3.05) is 47.5 Å². The molecule has 9 nitrogen and oxygen atoms in total. The van der Waals surface area contributed by atoms with Gasteiger partial charge in [-0.2, -0.15) is 0 Å². The summed E-state index contributed by atoms with van der Waals surface area (Å²) in [5.74, 6) is -2.27. The Kier molecular flexibility index (Phi) is 67.5. The van der Waals surface area contributed by atoms with Crippen LogP contribution < -0.4 is 5.11 Å². The lowest BCUT2D eigenvalue weighted by molar-refractivity contribution is -0.870. The fourth-order valence-electron chi connectivity index (χ4n) is 11.3. The number of likely N-dealkylation sites (N-methyl/N-ethyl adjacent to an activating group) is 1. The highest BCUT2D eigenvalue weighted by Gasteiger charge is 2.22. The van der Waals surface area contributed by atoms with Gasteiger partial charge in [0.2, 0.25) is 0 Å². The van der Waals surface area contributed by atoms with E-state index in [-0.39, 0.29) is 32.2 Å². The molecule has 0 radical (unpaired) electrons. The van der Waals surface area contributed by atoms with Gasteiger partial charge in [-0.3, -0.25) is 9.59 Å². The van der Waals surface area contributed by atoms with E-state index in [0.29, 0.717) is 23.9 Å². The van der Waals surface area contributed by atoms with E-state index in [2.05, 4.69) is 74.6 Å². The number of allylic oxidation sites excluding steroid dienone is 10. The molecular formula is C79H145NO8. The molecule has 0 bridgehead atoms. The summed E-state index contributed by atoms with van der Waals surface area (Å²) < 4.78 is 22.8. The van der Waals surface area contributed by atoms with Gasteiger partial charge in [0.25, 0.3) is 0 Å². The molecule has 9 heteroatoms. The number of esters is 2.